The van der Waals surface area contributed by atoms with Gasteiger partial charge in [-0.2, -0.15) is 13.2 Å². The monoisotopic (exact) mass is 701 g/mol. The molecule has 1 fully saturated rings. The minimum Gasteiger partial charge on any atom is -0.504 e. The van der Waals surface area contributed by atoms with Gasteiger partial charge in [-0.05, 0) is 45.4 Å². The first-order valence-corrected chi connectivity index (χ1v) is 15.8. The van der Waals surface area contributed by atoms with Gasteiger partial charge in [0.05, 0.1) is 28.2 Å². The Labute approximate surface area is 284 Å². The molecule has 0 unspecified atom stereocenters. The summed E-state index contributed by atoms with van der Waals surface area (Å²) in [5, 5.41) is 12.8. The van der Waals surface area contributed by atoms with Gasteiger partial charge in [0.1, 0.15) is 24.4 Å². The molecule has 2 N–H and O–H groups in total. The Balaban J connectivity index is 1.56. The van der Waals surface area contributed by atoms with Gasteiger partial charge in [0, 0.05) is 45.0 Å². The molecule has 2 amide bonds. The summed E-state index contributed by atoms with van der Waals surface area (Å²) in [6.45, 7) is 7.13. The lowest BCUT2D eigenvalue weighted by Crippen LogP contribution is -2.60. The van der Waals surface area contributed by atoms with Crippen molar-refractivity contribution in [2.45, 2.75) is 58.9 Å². The van der Waals surface area contributed by atoms with Crippen LogP contribution in [-0.2, 0) is 23.9 Å². The fourth-order valence-corrected chi connectivity index (χ4v) is 6.12. The van der Waals surface area contributed by atoms with Crippen LogP contribution in [0.5, 0.6) is 5.75 Å². The highest BCUT2D eigenvalue weighted by Gasteiger charge is 2.38. The van der Waals surface area contributed by atoms with E-state index in [1.807, 2.05) is 25.7 Å². The average molecular weight is 702 g/mol. The van der Waals surface area contributed by atoms with Gasteiger partial charge in [0.15, 0.2) is 22.6 Å². The SMILES string of the molecule is CCc1c(N2CCN(C(=O)c3ncnc(C)c3O)[C@H](C)[C@H]2C)c(=O)c2nc(N(C)C)cnc2n1CC(=O)Nc1ccc(C(F)(F)F)cc1Cl. The van der Waals surface area contributed by atoms with Crippen LogP contribution in [0.2, 0.25) is 5.02 Å². The summed E-state index contributed by atoms with van der Waals surface area (Å²) >= 11 is 6.10. The number of anilines is 3. The number of benzene rings is 1. The maximum absolute atomic E-state index is 14.3. The van der Waals surface area contributed by atoms with Gasteiger partial charge in [-0.25, -0.2) is 19.9 Å². The number of aromatic nitrogens is 5. The number of fused-ring (bicyclic) bond motifs is 1. The van der Waals surface area contributed by atoms with E-state index in [1.165, 1.54) is 12.5 Å². The largest absolute Gasteiger partial charge is 0.504 e. The van der Waals surface area contributed by atoms with Crippen LogP contribution in [0.1, 0.15) is 48.2 Å². The van der Waals surface area contributed by atoms with Gasteiger partial charge in [0.25, 0.3) is 5.91 Å². The number of nitrogens with zero attached hydrogens (tertiary/aromatic N) is 8. The van der Waals surface area contributed by atoms with Gasteiger partial charge in [-0.15, -0.1) is 0 Å². The summed E-state index contributed by atoms with van der Waals surface area (Å²) in [4.78, 5) is 63.5. The molecule has 4 heterocycles. The van der Waals surface area contributed by atoms with Crippen molar-refractivity contribution in [1.29, 1.82) is 0 Å². The second kappa shape index (κ2) is 13.5. The number of amides is 2. The summed E-state index contributed by atoms with van der Waals surface area (Å²) in [7, 11) is 3.49. The number of aromatic hydroxyl groups is 1. The van der Waals surface area contributed by atoms with E-state index < -0.39 is 41.1 Å². The van der Waals surface area contributed by atoms with Gasteiger partial charge in [0.2, 0.25) is 11.3 Å². The van der Waals surface area contributed by atoms with Crippen LogP contribution in [-0.4, -0.2) is 85.6 Å². The van der Waals surface area contributed by atoms with E-state index in [-0.39, 0.29) is 64.3 Å². The molecule has 5 rings (SSSR count). The number of aryl methyl sites for hydroxylation is 1. The standard InChI is InChI=1S/C32H35ClF3N9O4/c1-7-22-27(43-10-11-44(18(4)17(43)3)31(49)26-28(47)16(2)38-15-39-26)29(48)25-30(37-13-23(41-25)42(5)6)45(22)14-24(46)40-21-9-8-19(12-20(21)33)32(34,35)36/h8-9,12-13,15,17-18,47H,7,10-11,14H2,1-6H3,(H,40,46)/t17-,18-/m1/s1. The van der Waals surface area contributed by atoms with Crippen molar-refractivity contribution in [1.82, 2.24) is 29.4 Å². The van der Waals surface area contributed by atoms with Crippen molar-refractivity contribution >= 4 is 51.8 Å². The lowest BCUT2D eigenvalue weighted by atomic mass is 10.0. The van der Waals surface area contributed by atoms with E-state index in [4.69, 9.17) is 11.6 Å². The minimum absolute atomic E-state index is 0.0125. The molecule has 4 aromatic rings. The first-order chi connectivity index (χ1) is 23.0. The van der Waals surface area contributed by atoms with Crippen molar-refractivity contribution in [3.8, 4) is 5.75 Å². The van der Waals surface area contributed by atoms with Crippen LogP contribution < -0.4 is 20.5 Å². The molecule has 0 spiro atoms. The lowest BCUT2D eigenvalue weighted by molar-refractivity contribution is -0.137. The molecule has 0 saturated carbocycles. The van der Waals surface area contributed by atoms with Gasteiger partial charge in [-0.3, -0.25) is 14.4 Å². The number of halogens is 4. The molecule has 0 radical (unpaired) electrons. The van der Waals surface area contributed by atoms with Crippen LogP contribution in [0.15, 0.2) is 35.5 Å². The Morgan fingerprint density at radius 2 is 1.84 bits per heavy atom. The Morgan fingerprint density at radius 1 is 1.12 bits per heavy atom. The van der Waals surface area contributed by atoms with E-state index >= 15 is 0 Å². The van der Waals surface area contributed by atoms with Crippen molar-refractivity contribution in [3.63, 3.8) is 0 Å². The number of nitrogens with one attached hydrogen (secondary N) is 1. The number of alkyl halides is 3. The number of piperazine rings is 1. The Kier molecular flexibility index (Phi) is 9.72. The van der Waals surface area contributed by atoms with E-state index in [0.29, 0.717) is 17.9 Å². The first kappa shape index (κ1) is 35.3. The molecule has 13 nitrogen and oxygen atoms in total. The van der Waals surface area contributed by atoms with Crippen LogP contribution in [0, 0.1) is 6.92 Å². The molecule has 3 aromatic heterocycles. The molecule has 49 heavy (non-hydrogen) atoms. The molecule has 260 valence electrons. The zero-order valence-electron chi connectivity index (χ0n) is 27.6. The molecule has 1 aliphatic heterocycles. The van der Waals surface area contributed by atoms with Crippen molar-refractivity contribution < 1.29 is 27.9 Å². The third kappa shape index (κ3) is 6.69. The fourth-order valence-electron chi connectivity index (χ4n) is 5.89. The number of pyridine rings is 1. The molecule has 17 heteroatoms. The van der Waals surface area contributed by atoms with Crippen LogP contribution >= 0.6 is 11.6 Å². The second-order valence-electron chi connectivity index (χ2n) is 11.9. The third-order valence-electron chi connectivity index (χ3n) is 8.71. The quantitative estimate of drug-likeness (QED) is 0.286. The summed E-state index contributed by atoms with van der Waals surface area (Å²) in [6.07, 6.45) is -1.63. The number of hydrogen-bond acceptors (Lipinski definition) is 10. The van der Waals surface area contributed by atoms with E-state index in [9.17, 15) is 32.7 Å². The van der Waals surface area contributed by atoms with Crippen LogP contribution in [0.4, 0.5) is 30.4 Å². The molecule has 1 aliphatic rings. The summed E-state index contributed by atoms with van der Waals surface area (Å²) in [6, 6.07) is 1.76. The molecule has 1 saturated heterocycles. The maximum Gasteiger partial charge on any atom is 0.416 e. The highest BCUT2D eigenvalue weighted by molar-refractivity contribution is 6.33. The Morgan fingerprint density at radius 3 is 2.47 bits per heavy atom. The van der Waals surface area contributed by atoms with Gasteiger partial charge in [-0.1, -0.05) is 18.5 Å². The highest BCUT2D eigenvalue weighted by atomic mass is 35.5. The van der Waals surface area contributed by atoms with Crippen molar-refractivity contribution in [2.75, 3.05) is 42.3 Å². The van der Waals surface area contributed by atoms with E-state index in [1.54, 1.807) is 35.4 Å². The number of rotatable bonds is 7. The number of carbonyl (C=O) groups excluding carboxylic acids is 2. The smallest absolute Gasteiger partial charge is 0.416 e. The fraction of sp³-hybridized carbons (Fsp3) is 0.406. The normalized spacial score (nSPS) is 16.6. The average Bonchev–Trinajstić information content (AvgIpc) is 3.05. The molecule has 0 aliphatic carbocycles. The van der Waals surface area contributed by atoms with E-state index in [0.717, 1.165) is 18.2 Å². The van der Waals surface area contributed by atoms with Gasteiger partial charge >= 0.3 is 6.18 Å². The molecular weight excluding hydrogens is 667 g/mol. The maximum atomic E-state index is 14.3. The molecule has 2 atom stereocenters. The first-order valence-electron chi connectivity index (χ1n) is 15.4. The number of hydrogen-bond donors (Lipinski definition) is 2. The highest BCUT2D eigenvalue weighted by Crippen LogP contribution is 2.34. The zero-order chi connectivity index (χ0) is 35.9. The van der Waals surface area contributed by atoms with Crippen molar-refractivity contribution in [3.05, 3.63) is 68.6 Å². The van der Waals surface area contributed by atoms with E-state index in [2.05, 4.69) is 25.3 Å². The number of carbonyl (C=O) groups is 2. The Bertz CT molecular complexity index is 2000. The predicted octanol–water partition coefficient (Wildman–Crippen LogP) is 4.27. The lowest BCUT2D eigenvalue weighted by Gasteiger charge is -2.46. The topological polar surface area (TPSA) is 150 Å². The Hall–Kier alpha value is -4.99. The van der Waals surface area contributed by atoms with Crippen LogP contribution in [0.3, 0.4) is 0 Å². The van der Waals surface area contributed by atoms with Gasteiger partial charge < -0.3 is 29.7 Å². The predicted molar refractivity (Wildman–Crippen MR) is 178 cm³/mol. The molecular formula is C32H35ClF3N9O4. The minimum atomic E-state index is -4.61. The zero-order valence-corrected chi connectivity index (χ0v) is 28.4. The molecule has 1 aromatic carbocycles. The summed E-state index contributed by atoms with van der Waals surface area (Å²) in [5.74, 6) is -0.994. The van der Waals surface area contributed by atoms with Crippen LogP contribution in [0.25, 0.3) is 11.2 Å². The summed E-state index contributed by atoms with van der Waals surface area (Å²) < 4.78 is 41.1. The van der Waals surface area contributed by atoms with Crippen molar-refractivity contribution in [2.24, 2.45) is 0 Å². The molecule has 0 bridgehead atoms. The second-order valence-corrected chi connectivity index (χ2v) is 12.3. The third-order valence-corrected chi connectivity index (χ3v) is 9.02. The summed E-state index contributed by atoms with van der Waals surface area (Å²) in [5.41, 5.74) is -0.314.